The number of carbonyl (C=O) groups excluding carboxylic acids is 1. The van der Waals surface area contributed by atoms with E-state index in [0.717, 1.165) is 12.0 Å². The Kier molecular flexibility index (Phi) is 9.21. The van der Waals surface area contributed by atoms with Crippen molar-refractivity contribution in [3.63, 3.8) is 0 Å². The van der Waals surface area contributed by atoms with Crippen LogP contribution in [0, 0.1) is 0 Å². The van der Waals surface area contributed by atoms with Gasteiger partial charge < -0.3 is 15.4 Å². The SMILES string of the molecule is CCCN(Cc1ccccc1)C(=O)C(N)COC.Cl. The summed E-state index contributed by atoms with van der Waals surface area (Å²) < 4.78 is 4.93. The number of carbonyl (C=O) groups is 1. The number of hydrogen-bond acceptors (Lipinski definition) is 3. The fourth-order valence-electron chi connectivity index (χ4n) is 1.83. The molecule has 0 radical (unpaired) electrons. The molecule has 1 atom stereocenters. The van der Waals surface area contributed by atoms with Gasteiger partial charge in [0.1, 0.15) is 6.04 Å². The minimum absolute atomic E-state index is 0. The van der Waals surface area contributed by atoms with Crippen LogP contribution in [0.5, 0.6) is 0 Å². The lowest BCUT2D eigenvalue weighted by molar-refractivity contribution is -0.134. The number of benzene rings is 1. The van der Waals surface area contributed by atoms with Crippen LogP contribution in [0.2, 0.25) is 0 Å². The van der Waals surface area contributed by atoms with Crippen molar-refractivity contribution in [2.24, 2.45) is 5.73 Å². The van der Waals surface area contributed by atoms with Crippen molar-refractivity contribution in [1.82, 2.24) is 4.90 Å². The average molecular weight is 287 g/mol. The van der Waals surface area contributed by atoms with Gasteiger partial charge in [0, 0.05) is 20.2 Å². The number of halogens is 1. The van der Waals surface area contributed by atoms with Crippen molar-refractivity contribution in [3.8, 4) is 0 Å². The Morgan fingerprint density at radius 3 is 2.53 bits per heavy atom. The molecule has 1 aromatic rings. The van der Waals surface area contributed by atoms with Gasteiger partial charge in [0.15, 0.2) is 0 Å². The van der Waals surface area contributed by atoms with E-state index >= 15 is 0 Å². The molecule has 0 spiro atoms. The van der Waals surface area contributed by atoms with Crippen molar-refractivity contribution < 1.29 is 9.53 Å². The first-order valence-electron chi connectivity index (χ1n) is 6.26. The minimum Gasteiger partial charge on any atom is -0.383 e. The molecule has 0 bridgehead atoms. The summed E-state index contributed by atoms with van der Waals surface area (Å²) in [6.07, 6.45) is 0.915. The normalized spacial score (nSPS) is 11.5. The van der Waals surface area contributed by atoms with E-state index in [-0.39, 0.29) is 24.9 Å². The molecular formula is C14H23ClN2O2. The number of rotatable bonds is 7. The smallest absolute Gasteiger partial charge is 0.242 e. The summed E-state index contributed by atoms with van der Waals surface area (Å²) in [5, 5.41) is 0. The molecule has 1 rings (SSSR count). The molecule has 0 aromatic heterocycles. The molecule has 1 amide bonds. The third-order valence-corrected chi connectivity index (χ3v) is 2.68. The predicted octanol–water partition coefficient (Wildman–Crippen LogP) is 1.82. The quantitative estimate of drug-likeness (QED) is 0.832. The summed E-state index contributed by atoms with van der Waals surface area (Å²) in [5.74, 6) is -0.0532. The lowest BCUT2D eigenvalue weighted by Crippen LogP contribution is -2.46. The monoisotopic (exact) mass is 286 g/mol. The van der Waals surface area contributed by atoms with Gasteiger partial charge in [0.05, 0.1) is 6.61 Å². The highest BCUT2D eigenvalue weighted by Crippen LogP contribution is 2.06. The van der Waals surface area contributed by atoms with Gasteiger partial charge in [-0.3, -0.25) is 4.79 Å². The van der Waals surface area contributed by atoms with Crippen LogP contribution in [0.3, 0.4) is 0 Å². The molecule has 0 fully saturated rings. The Labute approximate surface area is 121 Å². The fourth-order valence-corrected chi connectivity index (χ4v) is 1.83. The Hall–Kier alpha value is -1.10. The maximum absolute atomic E-state index is 12.1. The maximum Gasteiger partial charge on any atom is 0.242 e. The molecule has 0 saturated carbocycles. The summed E-state index contributed by atoms with van der Waals surface area (Å²) in [6.45, 7) is 3.62. The van der Waals surface area contributed by atoms with Gasteiger partial charge in [-0.15, -0.1) is 12.4 Å². The zero-order valence-electron chi connectivity index (χ0n) is 11.5. The van der Waals surface area contributed by atoms with Gasteiger partial charge in [-0.2, -0.15) is 0 Å². The highest BCUT2D eigenvalue weighted by molar-refractivity contribution is 5.85. The number of amides is 1. The number of nitrogens with two attached hydrogens (primary N) is 1. The van der Waals surface area contributed by atoms with Crippen molar-refractivity contribution in [1.29, 1.82) is 0 Å². The van der Waals surface area contributed by atoms with Crippen LogP contribution in [0.4, 0.5) is 0 Å². The Bertz CT molecular complexity index is 360. The topological polar surface area (TPSA) is 55.6 Å². The lowest BCUT2D eigenvalue weighted by Gasteiger charge is -2.25. The van der Waals surface area contributed by atoms with Crippen LogP contribution in [-0.4, -0.2) is 37.1 Å². The molecule has 1 aromatic carbocycles. The van der Waals surface area contributed by atoms with Gasteiger partial charge in [-0.25, -0.2) is 0 Å². The molecule has 0 aliphatic carbocycles. The highest BCUT2D eigenvalue weighted by Gasteiger charge is 2.20. The van der Waals surface area contributed by atoms with Gasteiger partial charge in [0.2, 0.25) is 5.91 Å². The lowest BCUT2D eigenvalue weighted by atomic mass is 10.2. The maximum atomic E-state index is 12.1. The summed E-state index contributed by atoms with van der Waals surface area (Å²) in [4.78, 5) is 13.9. The second-order valence-electron chi connectivity index (χ2n) is 4.31. The van der Waals surface area contributed by atoms with E-state index in [4.69, 9.17) is 10.5 Å². The Morgan fingerprint density at radius 1 is 1.37 bits per heavy atom. The van der Waals surface area contributed by atoms with E-state index in [2.05, 4.69) is 0 Å². The molecule has 0 saturated heterocycles. The predicted molar refractivity (Wildman–Crippen MR) is 79.2 cm³/mol. The second-order valence-corrected chi connectivity index (χ2v) is 4.31. The first kappa shape index (κ1) is 17.9. The van der Waals surface area contributed by atoms with E-state index in [9.17, 15) is 4.79 Å². The van der Waals surface area contributed by atoms with Gasteiger partial charge >= 0.3 is 0 Å². The van der Waals surface area contributed by atoms with E-state index in [1.165, 1.54) is 0 Å². The van der Waals surface area contributed by atoms with Crippen molar-refractivity contribution in [2.75, 3.05) is 20.3 Å². The Balaban J connectivity index is 0.00000324. The largest absolute Gasteiger partial charge is 0.383 e. The first-order chi connectivity index (χ1) is 8.69. The number of ether oxygens (including phenoxy) is 1. The number of nitrogens with zero attached hydrogens (tertiary/aromatic N) is 1. The van der Waals surface area contributed by atoms with Crippen molar-refractivity contribution >= 4 is 18.3 Å². The molecule has 0 heterocycles. The number of hydrogen-bond donors (Lipinski definition) is 1. The standard InChI is InChI=1S/C14H22N2O2.ClH/c1-3-9-16(14(17)13(15)11-18-2)10-12-7-5-4-6-8-12;/h4-8,13H,3,9-11,15H2,1-2H3;1H. The fraction of sp³-hybridized carbons (Fsp3) is 0.500. The molecule has 5 heteroatoms. The van der Waals surface area contributed by atoms with Crippen LogP contribution in [-0.2, 0) is 16.1 Å². The third kappa shape index (κ3) is 6.05. The highest BCUT2D eigenvalue weighted by atomic mass is 35.5. The van der Waals surface area contributed by atoms with Gasteiger partial charge in [0.25, 0.3) is 0 Å². The van der Waals surface area contributed by atoms with E-state index < -0.39 is 6.04 Å². The molecule has 0 aliphatic heterocycles. The summed E-state index contributed by atoms with van der Waals surface area (Å²) >= 11 is 0. The zero-order chi connectivity index (χ0) is 13.4. The first-order valence-corrected chi connectivity index (χ1v) is 6.26. The third-order valence-electron chi connectivity index (χ3n) is 2.68. The summed E-state index contributed by atoms with van der Waals surface area (Å²) in [5.41, 5.74) is 6.91. The zero-order valence-corrected chi connectivity index (χ0v) is 12.4. The average Bonchev–Trinajstić information content (AvgIpc) is 2.39. The van der Waals surface area contributed by atoms with Crippen molar-refractivity contribution in [2.45, 2.75) is 25.9 Å². The summed E-state index contributed by atoms with van der Waals surface area (Å²) in [7, 11) is 1.55. The van der Waals surface area contributed by atoms with Crippen LogP contribution >= 0.6 is 12.4 Å². The van der Waals surface area contributed by atoms with E-state index in [1.54, 1.807) is 12.0 Å². The van der Waals surface area contributed by atoms with Crippen LogP contribution in [0.1, 0.15) is 18.9 Å². The second kappa shape index (κ2) is 9.78. The van der Waals surface area contributed by atoms with E-state index in [1.807, 2.05) is 37.3 Å². The molecule has 108 valence electrons. The molecule has 4 nitrogen and oxygen atoms in total. The van der Waals surface area contributed by atoms with E-state index in [0.29, 0.717) is 13.1 Å². The van der Waals surface area contributed by atoms with Gasteiger partial charge in [-0.05, 0) is 12.0 Å². The minimum atomic E-state index is -0.578. The molecule has 1 unspecified atom stereocenters. The molecule has 2 N–H and O–H groups in total. The molecule has 19 heavy (non-hydrogen) atoms. The van der Waals surface area contributed by atoms with Gasteiger partial charge in [-0.1, -0.05) is 37.3 Å². The Morgan fingerprint density at radius 2 is 2.00 bits per heavy atom. The number of methoxy groups -OCH3 is 1. The van der Waals surface area contributed by atoms with Crippen molar-refractivity contribution in [3.05, 3.63) is 35.9 Å². The van der Waals surface area contributed by atoms with Crippen LogP contribution in [0.25, 0.3) is 0 Å². The molecular weight excluding hydrogens is 264 g/mol. The molecule has 0 aliphatic rings. The van der Waals surface area contributed by atoms with Crippen LogP contribution < -0.4 is 5.73 Å². The summed E-state index contributed by atoms with van der Waals surface area (Å²) in [6, 6.07) is 9.35. The van der Waals surface area contributed by atoms with Crippen LogP contribution in [0.15, 0.2) is 30.3 Å².